The van der Waals surface area contributed by atoms with Crippen LogP contribution in [0.5, 0.6) is 5.75 Å². The van der Waals surface area contributed by atoms with Crippen LogP contribution in [-0.2, 0) is 11.3 Å². The molecule has 0 fully saturated rings. The van der Waals surface area contributed by atoms with Crippen LogP contribution < -0.4 is 21.0 Å². The fraction of sp³-hybridized carbons (Fsp3) is 0.192. The van der Waals surface area contributed by atoms with Crippen molar-refractivity contribution in [3.63, 3.8) is 0 Å². The van der Waals surface area contributed by atoms with Crippen LogP contribution in [0.15, 0.2) is 83.0 Å². The van der Waals surface area contributed by atoms with Gasteiger partial charge in [0, 0.05) is 24.5 Å². The summed E-state index contributed by atoms with van der Waals surface area (Å²) in [4.78, 5) is 47.9. The molecule has 2 N–H and O–H groups in total. The number of hydrogen-bond acceptors (Lipinski definition) is 7. The van der Waals surface area contributed by atoms with Crippen molar-refractivity contribution in [1.82, 2.24) is 20.0 Å². The highest BCUT2D eigenvalue weighted by Crippen LogP contribution is 2.25. The molecular formula is C26H25N5O4S. The van der Waals surface area contributed by atoms with Crippen LogP contribution in [0.25, 0.3) is 10.9 Å². The Kier molecular flexibility index (Phi) is 7.96. The van der Waals surface area contributed by atoms with Crippen LogP contribution >= 0.6 is 11.8 Å². The summed E-state index contributed by atoms with van der Waals surface area (Å²) in [6, 6.07) is 17.1. The standard InChI is InChI=1S/C26H25N5O4S/c1-3-22(24(33)28-16-17-7-6-14-27-15-17)36-26-29-21-9-5-4-8-20(21)25(34)31(26)30-23(32)18-10-12-19(35-2)13-11-18/h4-15,22H,3,16H2,1-2H3,(H,28,33)(H,30,32)/t22-/m0/s1. The van der Waals surface area contributed by atoms with Gasteiger partial charge in [-0.15, -0.1) is 0 Å². The highest BCUT2D eigenvalue weighted by Gasteiger charge is 2.23. The molecule has 2 amide bonds. The van der Waals surface area contributed by atoms with E-state index in [1.807, 2.05) is 13.0 Å². The summed E-state index contributed by atoms with van der Waals surface area (Å²) in [6.45, 7) is 2.21. The predicted molar refractivity (Wildman–Crippen MR) is 139 cm³/mol. The SMILES string of the molecule is CC[C@H](Sc1nc2ccccc2c(=O)n1NC(=O)c1ccc(OC)cc1)C(=O)NCc1cccnc1. The molecule has 0 spiro atoms. The van der Waals surface area contributed by atoms with E-state index >= 15 is 0 Å². The van der Waals surface area contributed by atoms with Gasteiger partial charge >= 0.3 is 0 Å². The molecule has 36 heavy (non-hydrogen) atoms. The van der Waals surface area contributed by atoms with Gasteiger partial charge in [0.05, 0.1) is 23.3 Å². The third-order valence-electron chi connectivity index (χ3n) is 5.41. The molecule has 0 radical (unpaired) electrons. The Morgan fingerprint density at radius 1 is 1.08 bits per heavy atom. The van der Waals surface area contributed by atoms with E-state index in [1.165, 1.54) is 7.11 Å². The van der Waals surface area contributed by atoms with Gasteiger partial charge in [-0.1, -0.05) is 36.9 Å². The lowest BCUT2D eigenvalue weighted by Gasteiger charge is -2.18. The van der Waals surface area contributed by atoms with Crippen molar-refractivity contribution >= 4 is 34.5 Å². The number of carbonyl (C=O) groups is 2. The van der Waals surface area contributed by atoms with E-state index < -0.39 is 16.7 Å². The summed E-state index contributed by atoms with van der Waals surface area (Å²) in [5.74, 6) is -0.0926. The smallest absolute Gasteiger partial charge is 0.281 e. The van der Waals surface area contributed by atoms with Gasteiger partial charge in [-0.3, -0.25) is 24.8 Å². The fourth-order valence-electron chi connectivity index (χ4n) is 3.45. The lowest BCUT2D eigenvalue weighted by molar-refractivity contribution is -0.120. The van der Waals surface area contributed by atoms with E-state index in [0.29, 0.717) is 35.2 Å². The molecule has 2 aromatic carbocycles. The first kappa shape index (κ1) is 24.9. The van der Waals surface area contributed by atoms with Crippen LogP contribution in [0.4, 0.5) is 0 Å². The number of hydrogen-bond donors (Lipinski definition) is 2. The van der Waals surface area contributed by atoms with Crippen molar-refractivity contribution in [2.75, 3.05) is 12.5 Å². The molecule has 0 aliphatic heterocycles. The Labute approximate surface area is 211 Å². The minimum Gasteiger partial charge on any atom is -0.497 e. The number of nitrogens with one attached hydrogen (secondary N) is 2. The number of pyridine rings is 1. The molecule has 0 unspecified atom stereocenters. The van der Waals surface area contributed by atoms with Crippen molar-refractivity contribution in [2.45, 2.75) is 30.3 Å². The van der Waals surface area contributed by atoms with E-state index in [0.717, 1.165) is 22.0 Å². The molecule has 0 saturated carbocycles. The van der Waals surface area contributed by atoms with Gasteiger partial charge in [-0.2, -0.15) is 4.68 Å². The summed E-state index contributed by atoms with van der Waals surface area (Å²) < 4.78 is 6.25. The van der Waals surface area contributed by atoms with Gasteiger partial charge in [-0.05, 0) is 54.4 Å². The van der Waals surface area contributed by atoms with E-state index in [1.54, 1.807) is 67.0 Å². The normalized spacial score (nSPS) is 11.6. The monoisotopic (exact) mass is 503 g/mol. The van der Waals surface area contributed by atoms with Crippen molar-refractivity contribution < 1.29 is 14.3 Å². The van der Waals surface area contributed by atoms with Gasteiger partial charge < -0.3 is 10.1 Å². The van der Waals surface area contributed by atoms with Crippen LogP contribution in [0.1, 0.15) is 29.3 Å². The summed E-state index contributed by atoms with van der Waals surface area (Å²) in [5.41, 5.74) is 3.91. The minimum atomic E-state index is -0.543. The molecule has 0 aliphatic carbocycles. The molecule has 4 rings (SSSR count). The number of thioether (sulfide) groups is 1. The highest BCUT2D eigenvalue weighted by atomic mass is 32.2. The average Bonchev–Trinajstić information content (AvgIpc) is 2.92. The Hall–Kier alpha value is -4.18. The second kappa shape index (κ2) is 11.5. The van der Waals surface area contributed by atoms with Crippen LogP contribution in [0.2, 0.25) is 0 Å². The zero-order valence-corrected chi connectivity index (χ0v) is 20.6. The second-order valence-corrected chi connectivity index (χ2v) is 8.99. The molecule has 0 bridgehead atoms. The number of methoxy groups -OCH3 is 1. The number of para-hydroxylation sites is 1. The molecule has 4 aromatic rings. The zero-order chi connectivity index (χ0) is 25.5. The molecule has 2 aromatic heterocycles. The number of carbonyl (C=O) groups excluding carboxylic acids is 2. The summed E-state index contributed by atoms with van der Waals surface area (Å²) in [6.07, 6.45) is 3.84. The average molecular weight is 504 g/mol. The van der Waals surface area contributed by atoms with Crippen molar-refractivity contribution in [3.8, 4) is 5.75 Å². The number of aromatic nitrogens is 3. The number of rotatable bonds is 9. The van der Waals surface area contributed by atoms with Gasteiger partial charge in [0.1, 0.15) is 5.75 Å². The molecule has 1 atom stereocenters. The predicted octanol–water partition coefficient (Wildman–Crippen LogP) is 3.37. The van der Waals surface area contributed by atoms with Crippen LogP contribution in [-0.4, -0.2) is 38.8 Å². The Bertz CT molecular complexity index is 1420. The molecule has 184 valence electrons. The Morgan fingerprint density at radius 2 is 1.86 bits per heavy atom. The van der Waals surface area contributed by atoms with Crippen molar-refractivity contribution in [1.29, 1.82) is 0 Å². The molecule has 9 nitrogen and oxygen atoms in total. The highest BCUT2D eigenvalue weighted by molar-refractivity contribution is 8.00. The Morgan fingerprint density at radius 3 is 2.56 bits per heavy atom. The fourth-order valence-corrected chi connectivity index (χ4v) is 4.45. The van der Waals surface area contributed by atoms with E-state index in [2.05, 4.69) is 20.7 Å². The number of amides is 2. The van der Waals surface area contributed by atoms with Gasteiger partial charge in [0.15, 0.2) is 5.16 Å². The maximum absolute atomic E-state index is 13.3. The quantitative estimate of drug-likeness (QED) is 0.266. The van der Waals surface area contributed by atoms with Gasteiger partial charge in [-0.25, -0.2) is 4.98 Å². The topological polar surface area (TPSA) is 115 Å². The van der Waals surface area contributed by atoms with Gasteiger partial charge in [0.2, 0.25) is 5.91 Å². The number of fused-ring (bicyclic) bond motifs is 1. The minimum absolute atomic E-state index is 0.207. The number of nitrogens with zero attached hydrogens (tertiary/aromatic N) is 3. The maximum Gasteiger partial charge on any atom is 0.281 e. The molecule has 0 aliphatic rings. The lowest BCUT2D eigenvalue weighted by Crippen LogP contribution is -2.37. The van der Waals surface area contributed by atoms with Crippen molar-refractivity contribution in [3.05, 3.63) is 94.5 Å². The third kappa shape index (κ3) is 5.72. The maximum atomic E-state index is 13.3. The molecule has 0 saturated heterocycles. The molecule has 2 heterocycles. The second-order valence-electron chi connectivity index (χ2n) is 7.82. The number of ether oxygens (including phenoxy) is 1. The molecule has 10 heteroatoms. The molecular weight excluding hydrogens is 478 g/mol. The van der Waals surface area contributed by atoms with E-state index in [-0.39, 0.29) is 11.1 Å². The van der Waals surface area contributed by atoms with Crippen LogP contribution in [0, 0.1) is 0 Å². The zero-order valence-electron chi connectivity index (χ0n) is 19.8. The summed E-state index contributed by atoms with van der Waals surface area (Å²) >= 11 is 1.12. The number of benzene rings is 2. The first-order valence-corrected chi connectivity index (χ1v) is 12.2. The first-order valence-electron chi connectivity index (χ1n) is 11.3. The van der Waals surface area contributed by atoms with E-state index in [9.17, 15) is 14.4 Å². The summed E-state index contributed by atoms with van der Waals surface area (Å²) in [5, 5.41) is 2.93. The van der Waals surface area contributed by atoms with Gasteiger partial charge in [0.25, 0.3) is 11.5 Å². The largest absolute Gasteiger partial charge is 0.497 e. The van der Waals surface area contributed by atoms with Crippen LogP contribution in [0.3, 0.4) is 0 Å². The lowest BCUT2D eigenvalue weighted by atomic mass is 10.2. The summed E-state index contributed by atoms with van der Waals surface area (Å²) in [7, 11) is 1.54. The van der Waals surface area contributed by atoms with E-state index in [4.69, 9.17) is 4.74 Å². The first-order chi connectivity index (χ1) is 17.5. The Balaban J connectivity index is 1.62. The third-order valence-corrected chi connectivity index (χ3v) is 6.73. The van der Waals surface area contributed by atoms with Crippen molar-refractivity contribution in [2.24, 2.45) is 0 Å².